The van der Waals surface area contributed by atoms with E-state index in [1.54, 1.807) is 6.08 Å². The van der Waals surface area contributed by atoms with Crippen molar-refractivity contribution in [2.45, 2.75) is 6.42 Å². The molecule has 0 radical (unpaired) electrons. The summed E-state index contributed by atoms with van der Waals surface area (Å²) in [6.45, 7) is 0.814. The second-order valence-corrected chi connectivity index (χ2v) is 3.31. The summed E-state index contributed by atoms with van der Waals surface area (Å²) < 4.78 is 4.94. The molecule has 17 heavy (non-hydrogen) atoms. The lowest BCUT2D eigenvalue weighted by molar-refractivity contribution is -0.385. The van der Waals surface area contributed by atoms with Gasteiger partial charge in [-0.15, -0.1) is 0 Å². The van der Waals surface area contributed by atoms with Crippen LogP contribution in [-0.2, 0) is 0 Å². The minimum atomic E-state index is -0.454. The van der Waals surface area contributed by atoms with Crippen molar-refractivity contribution in [3.63, 3.8) is 0 Å². The van der Waals surface area contributed by atoms with Crippen LogP contribution in [0.15, 0.2) is 18.2 Å². The number of ether oxygens (including phenoxy) is 1. The molecule has 1 aromatic rings. The second-order valence-electron chi connectivity index (χ2n) is 3.31. The van der Waals surface area contributed by atoms with Crippen LogP contribution in [0.3, 0.4) is 0 Å². The SMILES string of the molecule is CNCCC=Cc1nc(OC)ccc1[N+](=O)[O-]. The minimum Gasteiger partial charge on any atom is -0.481 e. The van der Waals surface area contributed by atoms with Gasteiger partial charge >= 0.3 is 0 Å². The van der Waals surface area contributed by atoms with Gasteiger partial charge < -0.3 is 10.1 Å². The van der Waals surface area contributed by atoms with Crippen molar-refractivity contribution in [2.75, 3.05) is 20.7 Å². The summed E-state index contributed by atoms with van der Waals surface area (Å²) in [6.07, 6.45) is 4.26. The first-order valence-electron chi connectivity index (χ1n) is 5.19. The van der Waals surface area contributed by atoms with E-state index in [1.807, 2.05) is 13.1 Å². The van der Waals surface area contributed by atoms with Gasteiger partial charge in [0.25, 0.3) is 5.69 Å². The molecule has 0 bridgehead atoms. The Morgan fingerprint density at radius 1 is 1.59 bits per heavy atom. The molecule has 6 nitrogen and oxygen atoms in total. The Bertz CT molecular complexity index is 418. The Hall–Kier alpha value is -1.95. The summed E-state index contributed by atoms with van der Waals surface area (Å²) >= 11 is 0. The first-order chi connectivity index (χ1) is 8.19. The lowest BCUT2D eigenvalue weighted by Crippen LogP contribution is -2.05. The van der Waals surface area contributed by atoms with Gasteiger partial charge in [0.05, 0.1) is 12.0 Å². The highest BCUT2D eigenvalue weighted by Crippen LogP contribution is 2.21. The maximum Gasteiger partial charge on any atom is 0.295 e. The van der Waals surface area contributed by atoms with E-state index in [0.29, 0.717) is 11.6 Å². The van der Waals surface area contributed by atoms with Crippen molar-refractivity contribution in [3.05, 3.63) is 34.0 Å². The Balaban J connectivity index is 2.92. The molecule has 0 aliphatic heterocycles. The quantitative estimate of drug-likeness (QED) is 0.462. The van der Waals surface area contributed by atoms with E-state index >= 15 is 0 Å². The number of rotatable bonds is 6. The van der Waals surface area contributed by atoms with Gasteiger partial charge in [0.15, 0.2) is 0 Å². The highest BCUT2D eigenvalue weighted by atomic mass is 16.6. The zero-order valence-corrected chi connectivity index (χ0v) is 9.84. The number of pyridine rings is 1. The first-order valence-corrected chi connectivity index (χ1v) is 5.19. The molecule has 6 heteroatoms. The molecule has 0 saturated carbocycles. The predicted molar refractivity (Wildman–Crippen MR) is 65.0 cm³/mol. The molecule has 1 heterocycles. The largest absolute Gasteiger partial charge is 0.481 e. The Kier molecular flexibility index (Phi) is 5.09. The van der Waals surface area contributed by atoms with Crippen molar-refractivity contribution in [2.24, 2.45) is 0 Å². The van der Waals surface area contributed by atoms with Crippen molar-refractivity contribution in [3.8, 4) is 5.88 Å². The molecule has 0 unspecified atom stereocenters. The van der Waals surface area contributed by atoms with E-state index < -0.39 is 4.92 Å². The monoisotopic (exact) mass is 237 g/mol. The van der Waals surface area contributed by atoms with Gasteiger partial charge in [-0.25, -0.2) is 4.98 Å². The molecule has 0 fully saturated rings. The molecule has 0 saturated heterocycles. The molecule has 0 aromatic carbocycles. The van der Waals surface area contributed by atoms with Crippen LogP contribution in [0.5, 0.6) is 5.88 Å². The van der Waals surface area contributed by atoms with Crippen LogP contribution in [0.2, 0.25) is 0 Å². The van der Waals surface area contributed by atoms with Crippen LogP contribution in [0.4, 0.5) is 5.69 Å². The minimum absolute atomic E-state index is 0.0218. The number of nitro groups is 1. The number of hydrogen-bond donors (Lipinski definition) is 1. The predicted octanol–water partition coefficient (Wildman–Crippen LogP) is 1.62. The van der Waals surface area contributed by atoms with Crippen LogP contribution < -0.4 is 10.1 Å². The van der Waals surface area contributed by atoms with Crippen LogP contribution in [0.25, 0.3) is 6.08 Å². The molecule has 1 aromatic heterocycles. The van der Waals surface area contributed by atoms with Gasteiger partial charge in [-0.1, -0.05) is 6.08 Å². The first kappa shape index (κ1) is 13.1. The fourth-order valence-electron chi connectivity index (χ4n) is 1.26. The molecular formula is C11H15N3O3. The second kappa shape index (κ2) is 6.59. The molecule has 0 atom stereocenters. The molecule has 0 spiro atoms. The fourth-order valence-corrected chi connectivity index (χ4v) is 1.26. The van der Waals surface area contributed by atoms with E-state index in [0.717, 1.165) is 13.0 Å². The number of nitrogens with one attached hydrogen (secondary N) is 1. The van der Waals surface area contributed by atoms with Crippen LogP contribution >= 0.6 is 0 Å². The Morgan fingerprint density at radius 3 is 2.94 bits per heavy atom. The third kappa shape index (κ3) is 3.84. The summed E-state index contributed by atoms with van der Waals surface area (Å²) in [5, 5.41) is 13.8. The summed E-state index contributed by atoms with van der Waals surface area (Å²) in [5.41, 5.74) is 0.289. The van der Waals surface area contributed by atoms with Gasteiger partial charge in [0.2, 0.25) is 5.88 Å². The van der Waals surface area contributed by atoms with Gasteiger partial charge in [-0.05, 0) is 26.1 Å². The van der Waals surface area contributed by atoms with E-state index in [1.165, 1.54) is 19.2 Å². The normalized spacial score (nSPS) is 10.7. The maximum atomic E-state index is 10.8. The highest BCUT2D eigenvalue weighted by molar-refractivity contribution is 5.57. The van der Waals surface area contributed by atoms with E-state index in [9.17, 15) is 10.1 Å². The third-order valence-corrected chi connectivity index (χ3v) is 2.12. The van der Waals surface area contributed by atoms with Crippen molar-refractivity contribution >= 4 is 11.8 Å². The molecule has 92 valence electrons. The van der Waals surface area contributed by atoms with Crippen molar-refractivity contribution in [1.29, 1.82) is 0 Å². The fraction of sp³-hybridized carbons (Fsp3) is 0.364. The van der Waals surface area contributed by atoms with E-state index in [-0.39, 0.29) is 5.69 Å². The molecule has 1 N–H and O–H groups in total. The zero-order chi connectivity index (χ0) is 12.7. The smallest absolute Gasteiger partial charge is 0.295 e. The van der Waals surface area contributed by atoms with E-state index in [2.05, 4.69) is 10.3 Å². The zero-order valence-electron chi connectivity index (χ0n) is 9.84. The van der Waals surface area contributed by atoms with Crippen molar-refractivity contribution < 1.29 is 9.66 Å². The molecule has 1 rings (SSSR count). The maximum absolute atomic E-state index is 10.8. The topological polar surface area (TPSA) is 77.3 Å². The summed E-state index contributed by atoms with van der Waals surface area (Å²) in [5.74, 6) is 0.365. The Morgan fingerprint density at radius 2 is 2.35 bits per heavy atom. The molecule has 0 amide bonds. The summed E-state index contributed by atoms with van der Waals surface area (Å²) in [4.78, 5) is 14.4. The third-order valence-electron chi connectivity index (χ3n) is 2.12. The Labute approximate surface area is 99.5 Å². The molecular weight excluding hydrogens is 222 g/mol. The van der Waals surface area contributed by atoms with Gasteiger partial charge in [0.1, 0.15) is 5.69 Å². The summed E-state index contributed by atoms with van der Waals surface area (Å²) in [6, 6.07) is 2.87. The number of methoxy groups -OCH3 is 1. The highest BCUT2D eigenvalue weighted by Gasteiger charge is 2.13. The summed E-state index contributed by atoms with van der Waals surface area (Å²) in [7, 11) is 3.32. The van der Waals surface area contributed by atoms with E-state index in [4.69, 9.17) is 4.74 Å². The number of hydrogen-bond acceptors (Lipinski definition) is 5. The van der Waals surface area contributed by atoms with Gasteiger partial charge in [-0.2, -0.15) is 0 Å². The molecule has 0 aliphatic carbocycles. The standard InChI is InChI=1S/C11H15N3O3/c1-12-8-4-3-5-9-10(14(15)16)6-7-11(13-9)17-2/h3,5-7,12H,4,8H2,1-2H3. The number of aromatic nitrogens is 1. The number of nitrogens with zero attached hydrogens (tertiary/aromatic N) is 2. The van der Waals surface area contributed by atoms with Crippen LogP contribution in [-0.4, -0.2) is 30.6 Å². The average Bonchev–Trinajstić information content (AvgIpc) is 2.34. The van der Waals surface area contributed by atoms with Gasteiger partial charge in [-0.3, -0.25) is 10.1 Å². The lowest BCUT2D eigenvalue weighted by atomic mass is 10.2. The lowest BCUT2D eigenvalue weighted by Gasteiger charge is -2.01. The van der Waals surface area contributed by atoms with Crippen molar-refractivity contribution in [1.82, 2.24) is 10.3 Å². The van der Waals surface area contributed by atoms with Crippen LogP contribution in [0, 0.1) is 10.1 Å². The average molecular weight is 237 g/mol. The van der Waals surface area contributed by atoms with Gasteiger partial charge in [0, 0.05) is 12.1 Å². The van der Waals surface area contributed by atoms with Crippen LogP contribution in [0.1, 0.15) is 12.1 Å². The molecule has 0 aliphatic rings.